The molecule has 0 spiro atoms. The molecule has 112 valence electrons. The van der Waals surface area contributed by atoms with Gasteiger partial charge in [0.05, 0.1) is 5.02 Å². The fourth-order valence-electron chi connectivity index (χ4n) is 2.61. The highest BCUT2D eigenvalue weighted by molar-refractivity contribution is 6.32. The van der Waals surface area contributed by atoms with Crippen LogP contribution in [-0.4, -0.2) is 30.9 Å². The van der Waals surface area contributed by atoms with E-state index < -0.39 is 6.36 Å². The number of hydrogen-bond acceptors (Lipinski definition) is 2. The topological polar surface area (TPSA) is 12.5 Å². The summed E-state index contributed by atoms with van der Waals surface area (Å²) >= 11 is 6.08. The van der Waals surface area contributed by atoms with Crippen LogP contribution in [-0.2, 0) is 0 Å². The van der Waals surface area contributed by atoms with E-state index in [9.17, 15) is 13.2 Å². The van der Waals surface area contributed by atoms with Crippen LogP contribution in [0.15, 0.2) is 18.2 Å². The van der Waals surface area contributed by atoms with E-state index in [0.29, 0.717) is 0 Å². The van der Waals surface area contributed by atoms with Gasteiger partial charge in [0.25, 0.3) is 0 Å². The van der Waals surface area contributed by atoms with Crippen LogP contribution >= 0.6 is 11.6 Å². The second-order valence-electron chi connectivity index (χ2n) is 4.92. The summed E-state index contributed by atoms with van der Waals surface area (Å²) in [6.07, 6.45) is -2.90. The van der Waals surface area contributed by atoms with E-state index in [1.165, 1.54) is 6.07 Å². The van der Waals surface area contributed by atoms with E-state index in [1.807, 2.05) is 0 Å². The van der Waals surface area contributed by atoms with Crippen LogP contribution in [0.2, 0.25) is 5.02 Å². The van der Waals surface area contributed by atoms with E-state index in [1.54, 1.807) is 12.1 Å². The predicted molar refractivity (Wildman–Crippen MR) is 72.2 cm³/mol. The lowest BCUT2D eigenvalue weighted by molar-refractivity contribution is -0.274. The fraction of sp³-hybridized carbons (Fsp3) is 0.571. The molecule has 6 heteroatoms. The number of hydrogen-bond donors (Lipinski definition) is 0. The quantitative estimate of drug-likeness (QED) is 0.818. The van der Waals surface area contributed by atoms with Crippen LogP contribution in [0, 0.1) is 0 Å². The average molecular weight is 308 g/mol. The maximum absolute atomic E-state index is 12.3. The molecular weight excluding hydrogens is 291 g/mol. The third-order valence-electron chi connectivity index (χ3n) is 3.69. The summed E-state index contributed by atoms with van der Waals surface area (Å²) in [5.74, 6) is -0.114. The molecule has 1 aliphatic heterocycles. The molecule has 2 nitrogen and oxygen atoms in total. The molecule has 0 amide bonds. The van der Waals surface area contributed by atoms with Gasteiger partial charge in [-0.2, -0.15) is 0 Å². The summed E-state index contributed by atoms with van der Waals surface area (Å²) in [6, 6.07) is 4.60. The van der Waals surface area contributed by atoms with Crippen molar-refractivity contribution in [3.8, 4) is 5.75 Å². The molecule has 0 atom stereocenters. The maximum Gasteiger partial charge on any atom is 0.573 e. The van der Waals surface area contributed by atoms with Gasteiger partial charge >= 0.3 is 6.36 Å². The van der Waals surface area contributed by atoms with Gasteiger partial charge in [0.1, 0.15) is 5.75 Å². The summed E-state index contributed by atoms with van der Waals surface area (Å²) in [6.45, 7) is 4.99. The Labute approximate surface area is 121 Å². The SMILES string of the molecule is CCN1CCC(c2cccc(OC(F)(F)F)c2Cl)CC1. The van der Waals surface area contributed by atoms with Crippen molar-refractivity contribution in [3.63, 3.8) is 0 Å². The molecule has 0 N–H and O–H groups in total. The molecule has 0 aliphatic carbocycles. The minimum absolute atomic E-state index is 0.0831. The van der Waals surface area contributed by atoms with Crippen molar-refractivity contribution in [1.29, 1.82) is 0 Å². The lowest BCUT2D eigenvalue weighted by Crippen LogP contribution is -2.32. The van der Waals surface area contributed by atoms with Crippen molar-refractivity contribution in [2.24, 2.45) is 0 Å². The minimum Gasteiger partial charge on any atom is -0.404 e. The van der Waals surface area contributed by atoms with Crippen LogP contribution in [0.3, 0.4) is 0 Å². The Kier molecular flexibility index (Phi) is 4.81. The van der Waals surface area contributed by atoms with Gasteiger partial charge in [-0.3, -0.25) is 0 Å². The molecule has 1 fully saturated rings. The predicted octanol–water partition coefficient (Wildman–Crippen LogP) is 4.44. The average Bonchev–Trinajstić information content (AvgIpc) is 2.40. The first-order chi connectivity index (χ1) is 9.40. The molecule has 1 heterocycles. The van der Waals surface area contributed by atoms with E-state index in [2.05, 4.69) is 16.6 Å². The largest absolute Gasteiger partial charge is 0.573 e. The van der Waals surface area contributed by atoms with Crippen LogP contribution in [0.1, 0.15) is 31.2 Å². The van der Waals surface area contributed by atoms with E-state index >= 15 is 0 Å². The summed E-state index contributed by atoms with van der Waals surface area (Å²) < 4.78 is 40.9. The first-order valence-corrected chi connectivity index (χ1v) is 7.05. The smallest absolute Gasteiger partial charge is 0.404 e. The van der Waals surface area contributed by atoms with E-state index in [0.717, 1.165) is 38.0 Å². The standard InChI is InChI=1S/C14H17ClF3NO/c1-2-19-8-6-10(7-9-19)11-4-3-5-12(13(11)15)20-14(16,17)18/h3-5,10H,2,6-9H2,1H3. The molecule has 0 radical (unpaired) electrons. The van der Waals surface area contributed by atoms with Crippen LogP contribution < -0.4 is 4.74 Å². The normalized spacial score (nSPS) is 18.2. The molecule has 0 saturated carbocycles. The zero-order chi connectivity index (χ0) is 14.8. The monoisotopic (exact) mass is 307 g/mol. The highest BCUT2D eigenvalue weighted by Crippen LogP contribution is 2.39. The van der Waals surface area contributed by atoms with Gasteiger partial charge in [0.2, 0.25) is 0 Å². The van der Waals surface area contributed by atoms with Gasteiger partial charge in [-0.25, -0.2) is 0 Å². The highest BCUT2D eigenvalue weighted by Gasteiger charge is 2.33. The second kappa shape index (κ2) is 6.22. The molecule has 20 heavy (non-hydrogen) atoms. The Balaban J connectivity index is 2.15. The second-order valence-corrected chi connectivity index (χ2v) is 5.29. The maximum atomic E-state index is 12.3. The lowest BCUT2D eigenvalue weighted by atomic mass is 9.89. The first kappa shape index (κ1) is 15.4. The summed E-state index contributed by atoms with van der Waals surface area (Å²) in [4.78, 5) is 2.32. The Hall–Kier alpha value is -0.940. The first-order valence-electron chi connectivity index (χ1n) is 6.67. The van der Waals surface area contributed by atoms with Gasteiger partial charge in [0, 0.05) is 0 Å². The van der Waals surface area contributed by atoms with Crippen LogP contribution in [0.4, 0.5) is 13.2 Å². The number of halogens is 4. The Morgan fingerprint density at radius 3 is 2.50 bits per heavy atom. The van der Waals surface area contributed by atoms with Gasteiger partial charge in [-0.1, -0.05) is 30.7 Å². The number of nitrogens with zero attached hydrogens (tertiary/aromatic N) is 1. The third-order valence-corrected chi connectivity index (χ3v) is 4.10. The number of alkyl halides is 3. The molecule has 1 aromatic rings. The lowest BCUT2D eigenvalue weighted by Gasteiger charge is -2.31. The summed E-state index contributed by atoms with van der Waals surface area (Å²) in [7, 11) is 0. The fourth-order valence-corrected chi connectivity index (χ4v) is 2.93. The number of benzene rings is 1. The van der Waals surface area contributed by atoms with Crippen molar-refractivity contribution >= 4 is 11.6 Å². The van der Waals surface area contributed by atoms with Crippen molar-refractivity contribution in [3.05, 3.63) is 28.8 Å². The molecule has 1 aliphatic rings. The molecule has 1 aromatic carbocycles. The zero-order valence-electron chi connectivity index (χ0n) is 11.2. The Morgan fingerprint density at radius 2 is 1.95 bits per heavy atom. The van der Waals surface area contributed by atoms with E-state index in [4.69, 9.17) is 11.6 Å². The van der Waals surface area contributed by atoms with Gasteiger partial charge in [-0.15, -0.1) is 13.2 Å². The van der Waals surface area contributed by atoms with Crippen molar-refractivity contribution in [2.75, 3.05) is 19.6 Å². The minimum atomic E-state index is -4.71. The van der Waals surface area contributed by atoms with Crippen molar-refractivity contribution < 1.29 is 17.9 Å². The third kappa shape index (κ3) is 3.79. The number of rotatable bonds is 3. The van der Waals surface area contributed by atoms with Crippen molar-refractivity contribution in [2.45, 2.75) is 32.0 Å². The molecule has 2 rings (SSSR count). The Morgan fingerprint density at radius 1 is 1.30 bits per heavy atom. The van der Waals surface area contributed by atoms with Gasteiger partial charge in [-0.05, 0) is 50.0 Å². The molecule has 1 saturated heterocycles. The molecule has 0 unspecified atom stereocenters. The summed E-state index contributed by atoms with van der Waals surface area (Å²) in [5, 5.41) is 0.0831. The summed E-state index contributed by atoms with van der Waals surface area (Å²) in [5.41, 5.74) is 0.754. The zero-order valence-corrected chi connectivity index (χ0v) is 12.0. The number of ether oxygens (including phenoxy) is 1. The van der Waals surface area contributed by atoms with Crippen LogP contribution in [0.25, 0.3) is 0 Å². The Bertz CT molecular complexity index is 456. The van der Waals surface area contributed by atoms with E-state index in [-0.39, 0.29) is 16.7 Å². The molecule has 0 aromatic heterocycles. The van der Waals surface area contributed by atoms with Crippen molar-refractivity contribution in [1.82, 2.24) is 4.90 Å². The number of likely N-dealkylation sites (tertiary alicyclic amines) is 1. The van der Waals surface area contributed by atoms with Gasteiger partial charge in [0.15, 0.2) is 0 Å². The number of piperidine rings is 1. The van der Waals surface area contributed by atoms with Crippen LogP contribution in [0.5, 0.6) is 5.75 Å². The van der Waals surface area contributed by atoms with Gasteiger partial charge < -0.3 is 9.64 Å². The molecular formula is C14H17ClF3NO. The molecule has 0 bridgehead atoms. The highest BCUT2D eigenvalue weighted by atomic mass is 35.5.